The number of allylic oxidation sites excluding steroid dienone is 1. The van der Waals surface area contributed by atoms with Gasteiger partial charge in [-0.2, -0.15) is 0 Å². The summed E-state index contributed by atoms with van der Waals surface area (Å²) in [6.45, 7) is 14.1. The van der Waals surface area contributed by atoms with Crippen LogP contribution < -0.4 is 0 Å². The second-order valence-electron chi connectivity index (χ2n) is 9.57. The predicted molar refractivity (Wildman–Crippen MR) is 101 cm³/mol. The van der Waals surface area contributed by atoms with Gasteiger partial charge >= 0.3 is 5.97 Å². The van der Waals surface area contributed by atoms with Crippen molar-refractivity contribution in [3.63, 3.8) is 0 Å². The number of aliphatic hydroxyl groups is 2. The zero-order valence-electron chi connectivity index (χ0n) is 16.9. The number of rotatable bonds is 2. The second-order valence-corrected chi connectivity index (χ2v) is 9.57. The van der Waals surface area contributed by atoms with Gasteiger partial charge in [-0.3, -0.25) is 4.79 Å². The van der Waals surface area contributed by atoms with E-state index in [0.29, 0.717) is 31.6 Å². The molecule has 3 aliphatic rings. The Morgan fingerprint density at radius 2 is 1.96 bits per heavy atom. The van der Waals surface area contributed by atoms with Crippen LogP contribution in [0.3, 0.4) is 0 Å². The van der Waals surface area contributed by atoms with Gasteiger partial charge in [0.1, 0.15) is 6.10 Å². The molecule has 26 heavy (non-hydrogen) atoms. The van der Waals surface area contributed by atoms with Crippen molar-refractivity contribution >= 4 is 5.97 Å². The fraction of sp³-hybridized carbons (Fsp3) is 0.773. The maximum atomic E-state index is 11.9. The van der Waals surface area contributed by atoms with Gasteiger partial charge in [-0.15, -0.1) is 0 Å². The van der Waals surface area contributed by atoms with E-state index in [-0.39, 0.29) is 11.4 Å². The molecule has 146 valence electrons. The molecular weight excluding hydrogens is 328 g/mol. The van der Waals surface area contributed by atoms with E-state index in [0.717, 1.165) is 24.0 Å². The van der Waals surface area contributed by atoms with Crippen LogP contribution in [0.4, 0.5) is 0 Å². The summed E-state index contributed by atoms with van der Waals surface area (Å²) in [4.78, 5) is 11.7. The third-order valence-corrected chi connectivity index (χ3v) is 7.49. The van der Waals surface area contributed by atoms with Crippen molar-refractivity contribution in [1.82, 2.24) is 0 Å². The van der Waals surface area contributed by atoms with Gasteiger partial charge in [0.05, 0.1) is 11.7 Å². The van der Waals surface area contributed by atoms with Crippen molar-refractivity contribution < 1.29 is 19.7 Å². The topological polar surface area (TPSA) is 66.8 Å². The first kappa shape index (κ1) is 19.6. The number of ether oxygens (including phenoxy) is 1. The SMILES string of the molecule is C=C1CCC(OC(C)=O)C2(C)CC(O)C3=C(C(C)C)CCC3(C)CC12O. The number of carbonyl (C=O) groups excluding carboxylic acids is 1. The number of aliphatic hydroxyl groups excluding tert-OH is 1. The Labute approximate surface area is 157 Å². The minimum Gasteiger partial charge on any atom is -0.462 e. The summed E-state index contributed by atoms with van der Waals surface area (Å²) < 4.78 is 5.64. The molecule has 5 unspecified atom stereocenters. The number of esters is 1. The monoisotopic (exact) mass is 362 g/mol. The smallest absolute Gasteiger partial charge is 0.302 e. The van der Waals surface area contributed by atoms with Crippen molar-refractivity contribution in [2.45, 2.75) is 91.0 Å². The molecule has 0 heterocycles. The van der Waals surface area contributed by atoms with Crippen molar-refractivity contribution in [1.29, 1.82) is 0 Å². The Bertz CT molecular complexity index is 663. The third-order valence-electron chi connectivity index (χ3n) is 7.49. The van der Waals surface area contributed by atoms with Gasteiger partial charge in [0.15, 0.2) is 0 Å². The van der Waals surface area contributed by atoms with Gasteiger partial charge in [-0.1, -0.05) is 39.8 Å². The molecule has 0 aromatic rings. The predicted octanol–water partition coefficient (Wildman–Crippen LogP) is 3.91. The van der Waals surface area contributed by atoms with Crippen molar-refractivity contribution in [3.8, 4) is 0 Å². The molecule has 5 atom stereocenters. The normalized spacial score (nSPS) is 43.2. The molecule has 2 fully saturated rings. The summed E-state index contributed by atoms with van der Waals surface area (Å²) in [5.74, 6) is 0.0508. The van der Waals surface area contributed by atoms with E-state index in [1.165, 1.54) is 12.5 Å². The molecule has 0 bridgehead atoms. The summed E-state index contributed by atoms with van der Waals surface area (Å²) in [7, 11) is 0. The Kier molecular flexibility index (Phi) is 4.68. The fourth-order valence-corrected chi connectivity index (χ4v) is 6.05. The molecule has 0 saturated heterocycles. The highest BCUT2D eigenvalue weighted by Crippen LogP contribution is 2.63. The van der Waals surface area contributed by atoms with Crippen LogP contribution in [0.25, 0.3) is 0 Å². The highest BCUT2D eigenvalue weighted by molar-refractivity contribution is 5.66. The Morgan fingerprint density at radius 1 is 1.31 bits per heavy atom. The zero-order valence-corrected chi connectivity index (χ0v) is 16.9. The fourth-order valence-electron chi connectivity index (χ4n) is 6.05. The summed E-state index contributed by atoms with van der Waals surface area (Å²) in [6.07, 6.45) is 3.11. The molecule has 0 amide bonds. The molecule has 0 aliphatic heterocycles. The Hall–Kier alpha value is -1.13. The minimum absolute atomic E-state index is 0.243. The molecule has 2 saturated carbocycles. The van der Waals surface area contributed by atoms with Gasteiger partial charge in [0.25, 0.3) is 0 Å². The lowest BCUT2D eigenvalue weighted by molar-refractivity contribution is -0.183. The minimum atomic E-state index is -1.14. The van der Waals surface area contributed by atoms with E-state index >= 15 is 0 Å². The molecule has 0 spiro atoms. The standard InChI is InChI=1S/C22H34O4/c1-13(2)16-9-10-20(5)12-22(25)14(3)7-8-18(26-15(4)23)21(22,6)11-17(24)19(16)20/h13,17-18,24-25H,3,7-12H2,1-2,4-6H3. The van der Waals surface area contributed by atoms with Gasteiger partial charge in [-0.25, -0.2) is 0 Å². The van der Waals surface area contributed by atoms with E-state index in [4.69, 9.17) is 4.74 Å². The lowest BCUT2D eigenvalue weighted by Crippen LogP contribution is -2.59. The van der Waals surface area contributed by atoms with E-state index < -0.39 is 23.2 Å². The van der Waals surface area contributed by atoms with Crippen LogP contribution in [-0.2, 0) is 9.53 Å². The Balaban J connectivity index is 2.14. The van der Waals surface area contributed by atoms with Crippen LogP contribution in [0.15, 0.2) is 23.3 Å². The van der Waals surface area contributed by atoms with Crippen molar-refractivity contribution in [2.75, 3.05) is 0 Å². The van der Waals surface area contributed by atoms with E-state index in [1.54, 1.807) is 0 Å². The van der Waals surface area contributed by atoms with Gasteiger partial charge in [-0.05, 0) is 61.0 Å². The van der Waals surface area contributed by atoms with Gasteiger partial charge < -0.3 is 14.9 Å². The summed E-state index contributed by atoms with van der Waals surface area (Å²) >= 11 is 0. The highest BCUT2D eigenvalue weighted by Gasteiger charge is 2.63. The van der Waals surface area contributed by atoms with Gasteiger partial charge in [0.2, 0.25) is 0 Å². The molecule has 4 nitrogen and oxygen atoms in total. The van der Waals surface area contributed by atoms with Crippen molar-refractivity contribution in [3.05, 3.63) is 23.3 Å². The first-order valence-corrected chi connectivity index (χ1v) is 9.94. The number of hydrogen-bond acceptors (Lipinski definition) is 4. The second kappa shape index (κ2) is 6.20. The highest BCUT2D eigenvalue weighted by atomic mass is 16.5. The van der Waals surface area contributed by atoms with E-state index in [2.05, 4.69) is 27.4 Å². The largest absolute Gasteiger partial charge is 0.462 e. The first-order valence-electron chi connectivity index (χ1n) is 9.94. The molecule has 0 radical (unpaired) electrons. The molecule has 3 aliphatic carbocycles. The maximum absolute atomic E-state index is 11.9. The van der Waals surface area contributed by atoms with E-state index in [9.17, 15) is 15.0 Å². The Morgan fingerprint density at radius 3 is 2.54 bits per heavy atom. The van der Waals surface area contributed by atoms with E-state index in [1.807, 2.05) is 6.92 Å². The lowest BCUT2D eigenvalue weighted by atomic mass is 9.56. The quantitative estimate of drug-likeness (QED) is 0.577. The summed E-state index contributed by atoms with van der Waals surface area (Å²) in [5, 5.41) is 23.2. The van der Waals surface area contributed by atoms with Crippen LogP contribution in [0.5, 0.6) is 0 Å². The molecule has 0 aromatic carbocycles. The van der Waals surface area contributed by atoms with Crippen LogP contribution in [-0.4, -0.2) is 34.0 Å². The van der Waals surface area contributed by atoms with Crippen LogP contribution >= 0.6 is 0 Å². The summed E-state index contributed by atoms with van der Waals surface area (Å²) in [6, 6.07) is 0. The average molecular weight is 363 g/mol. The zero-order chi connectivity index (χ0) is 19.5. The summed E-state index contributed by atoms with van der Waals surface area (Å²) in [5.41, 5.74) is 1.14. The van der Waals surface area contributed by atoms with Crippen molar-refractivity contribution in [2.24, 2.45) is 16.7 Å². The van der Waals surface area contributed by atoms with Crippen LogP contribution in [0, 0.1) is 16.7 Å². The van der Waals surface area contributed by atoms with Gasteiger partial charge in [0, 0.05) is 12.3 Å². The van der Waals surface area contributed by atoms with Crippen LogP contribution in [0.1, 0.15) is 73.1 Å². The number of hydrogen-bond donors (Lipinski definition) is 2. The first-order chi connectivity index (χ1) is 11.9. The molecular formula is C22H34O4. The molecule has 2 N–H and O–H groups in total. The van der Waals surface area contributed by atoms with Crippen LogP contribution in [0.2, 0.25) is 0 Å². The maximum Gasteiger partial charge on any atom is 0.302 e. The molecule has 0 aromatic heterocycles. The molecule has 3 rings (SSSR count). The average Bonchev–Trinajstić information content (AvgIpc) is 2.82. The number of fused-ring (bicyclic) bond motifs is 2. The lowest BCUT2D eigenvalue weighted by Gasteiger charge is -2.54. The molecule has 4 heteroatoms. The third kappa shape index (κ3) is 2.68. The number of carbonyl (C=O) groups is 1.